The van der Waals surface area contributed by atoms with Gasteiger partial charge in [-0.25, -0.2) is 13.2 Å². The summed E-state index contributed by atoms with van der Waals surface area (Å²) in [7, 11) is 1.30. The van der Waals surface area contributed by atoms with E-state index in [1.807, 2.05) is 0 Å². The Hall–Kier alpha value is -1.54. The fourth-order valence-corrected chi connectivity index (χ4v) is 3.94. The van der Waals surface area contributed by atoms with E-state index in [-0.39, 0.29) is 24.6 Å². The van der Waals surface area contributed by atoms with Crippen LogP contribution in [0.1, 0.15) is 51.9 Å². The van der Waals surface area contributed by atoms with Gasteiger partial charge in [0, 0.05) is 31.1 Å². The maximum absolute atomic E-state index is 14.9. The molecule has 0 aromatic carbocycles. The highest BCUT2D eigenvalue weighted by Crippen LogP contribution is 2.47. The van der Waals surface area contributed by atoms with Gasteiger partial charge in [0.1, 0.15) is 18.0 Å². The van der Waals surface area contributed by atoms with Crippen LogP contribution in [0.15, 0.2) is 24.0 Å². The number of methoxy groups -OCH3 is 1. The molecule has 0 spiro atoms. The SMILES string of the molecule is CCCCC(F)(F)[C@H](O)/C=C/[C@@H]1[C@H]2C(F)/C(=C/CCCC(=O)OC)O[C@H]2C[C@H]1O. The van der Waals surface area contributed by atoms with Crippen LogP contribution in [0.4, 0.5) is 13.2 Å². The quantitative estimate of drug-likeness (QED) is 0.320. The maximum atomic E-state index is 14.9. The van der Waals surface area contributed by atoms with Gasteiger partial charge in [-0.05, 0) is 25.3 Å². The van der Waals surface area contributed by atoms with Crippen molar-refractivity contribution in [3.05, 3.63) is 24.0 Å². The maximum Gasteiger partial charge on any atom is 0.305 e. The van der Waals surface area contributed by atoms with Crippen molar-refractivity contribution in [2.75, 3.05) is 7.11 Å². The Morgan fingerprint density at radius 1 is 1.41 bits per heavy atom. The molecule has 0 amide bonds. The van der Waals surface area contributed by atoms with Gasteiger partial charge >= 0.3 is 5.97 Å². The van der Waals surface area contributed by atoms with Crippen LogP contribution in [0, 0.1) is 11.8 Å². The Balaban J connectivity index is 1.98. The van der Waals surface area contributed by atoms with E-state index in [1.54, 1.807) is 13.0 Å². The third-order valence-corrected chi connectivity index (χ3v) is 5.66. The molecular formula is C21H31F3O5. The molecule has 1 aliphatic heterocycles. The van der Waals surface area contributed by atoms with Gasteiger partial charge in [-0.2, -0.15) is 0 Å². The fourth-order valence-electron chi connectivity index (χ4n) is 3.94. The summed E-state index contributed by atoms with van der Waals surface area (Å²) >= 11 is 0. The van der Waals surface area contributed by atoms with E-state index in [4.69, 9.17) is 4.74 Å². The summed E-state index contributed by atoms with van der Waals surface area (Å²) in [6.45, 7) is 1.79. The van der Waals surface area contributed by atoms with E-state index in [1.165, 1.54) is 13.2 Å². The zero-order valence-corrected chi connectivity index (χ0v) is 16.9. The summed E-state index contributed by atoms with van der Waals surface area (Å²) in [5, 5.41) is 20.0. The highest BCUT2D eigenvalue weighted by Gasteiger charge is 2.53. The van der Waals surface area contributed by atoms with Crippen LogP contribution < -0.4 is 0 Å². The van der Waals surface area contributed by atoms with Crippen LogP contribution >= 0.6 is 0 Å². The monoisotopic (exact) mass is 420 g/mol. The number of halogens is 3. The minimum atomic E-state index is -3.26. The van der Waals surface area contributed by atoms with Gasteiger partial charge in [0.25, 0.3) is 5.92 Å². The smallest absolute Gasteiger partial charge is 0.305 e. The van der Waals surface area contributed by atoms with Crippen molar-refractivity contribution in [2.45, 2.75) is 82.3 Å². The van der Waals surface area contributed by atoms with Gasteiger partial charge in [-0.15, -0.1) is 0 Å². The first-order valence-corrected chi connectivity index (χ1v) is 10.2. The second-order valence-corrected chi connectivity index (χ2v) is 7.78. The molecule has 1 saturated carbocycles. The minimum Gasteiger partial charge on any atom is -0.491 e. The molecule has 166 valence electrons. The molecule has 0 radical (unpaired) electrons. The van der Waals surface area contributed by atoms with Gasteiger partial charge in [-0.1, -0.05) is 25.5 Å². The molecule has 0 aromatic heterocycles. The first-order valence-electron chi connectivity index (χ1n) is 10.2. The first-order chi connectivity index (χ1) is 13.7. The Bertz CT molecular complexity index is 607. The number of allylic oxidation sites excluding steroid dienone is 2. The molecule has 1 unspecified atom stereocenters. The van der Waals surface area contributed by atoms with E-state index >= 15 is 0 Å². The predicted molar refractivity (Wildman–Crippen MR) is 101 cm³/mol. The second-order valence-electron chi connectivity index (χ2n) is 7.78. The van der Waals surface area contributed by atoms with Gasteiger partial charge in [0.05, 0.1) is 13.2 Å². The van der Waals surface area contributed by atoms with Crippen LogP contribution in [0.5, 0.6) is 0 Å². The molecule has 1 heterocycles. The van der Waals surface area contributed by atoms with Crippen molar-refractivity contribution in [3.8, 4) is 0 Å². The molecule has 8 heteroatoms. The van der Waals surface area contributed by atoms with E-state index in [9.17, 15) is 28.2 Å². The fraction of sp³-hybridized carbons (Fsp3) is 0.762. The van der Waals surface area contributed by atoms with Crippen molar-refractivity contribution < 1.29 is 37.7 Å². The van der Waals surface area contributed by atoms with Gasteiger partial charge < -0.3 is 19.7 Å². The summed E-state index contributed by atoms with van der Waals surface area (Å²) < 4.78 is 52.9. The number of fused-ring (bicyclic) bond motifs is 1. The number of hydrogen-bond acceptors (Lipinski definition) is 5. The highest BCUT2D eigenvalue weighted by molar-refractivity contribution is 5.69. The molecule has 1 saturated heterocycles. The highest BCUT2D eigenvalue weighted by atomic mass is 19.3. The van der Waals surface area contributed by atoms with E-state index < -0.39 is 48.7 Å². The molecule has 6 atom stereocenters. The molecule has 5 nitrogen and oxygen atoms in total. The molecule has 1 aliphatic carbocycles. The van der Waals surface area contributed by atoms with Crippen LogP contribution in [-0.4, -0.2) is 53.7 Å². The molecule has 2 N–H and O–H groups in total. The van der Waals surface area contributed by atoms with Crippen molar-refractivity contribution >= 4 is 5.97 Å². The molecular weight excluding hydrogens is 389 g/mol. The molecule has 2 rings (SSSR count). The summed E-state index contributed by atoms with van der Waals surface area (Å²) in [6.07, 6.45) is 0.753. The Labute approximate surface area is 169 Å². The largest absolute Gasteiger partial charge is 0.491 e. The number of alkyl halides is 3. The number of aliphatic hydroxyl groups is 2. The van der Waals surface area contributed by atoms with E-state index in [2.05, 4.69) is 4.74 Å². The first kappa shape index (κ1) is 23.7. The number of hydrogen-bond donors (Lipinski definition) is 2. The van der Waals surface area contributed by atoms with Crippen molar-refractivity contribution in [2.24, 2.45) is 11.8 Å². The lowest BCUT2D eigenvalue weighted by molar-refractivity contribution is -0.140. The number of ether oxygens (including phenoxy) is 2. The van der Waals surface area contributed by atoms with Gasteiger partial charge in [-0.3, -0.25) is 4.79 Å². The normalized spacial score (nSPS) is 31.8. The number of carbonyl (C=O) groups is 1. The zero-order chi connectivity index (χ0) is 21.6. The van der Waals surface area contributed by atoms with E-state index in [0.717, 1.165) is 6.08 Å². The minimum absolute atomic E-state index is 0.156. The molecule has 2 aliphatic rings. The van der Waals surface area contributed by atoms with Gasteiger partial charge in [0.2, 0.25) is 0 Å². The number of unbranched alkanes of at least 4 members (excludes halogenated alkanes) is 2. The summed E-state index contributed by atoms with van der Waals surface area (Å²) in [4.78, 5) is 11.1. The predicted octanol–water partition coefficient (Wildman–Crippen LogP) is 3.69. The van der Waals surface area contributed by atoms with Crippen molar-refractivity contribution in [1.29, 1.82) is 0 Å². The average molecular weight is 420 g/mol. The van der Waals surface area contributed by atoms with Gasteiger partial charge in [0.15, 0.2) is 6.17 Å². The molecule has 0 aromatic rings. The molecule has 2 fully saturated rings. The van der Waals surface area contributed by atoms with Crippen molar-refractivity contribution in [3.63, 3.8) is 0 Å². The lowest BCUT2D eigenvalue weighted by atomic mass is 9.89. The number of rotatable bonds is 10. The molecule has 0 bridgehead atoms. The summed E-state index contributed by atoms with van der Waals surface area (Å²) in [5.74, 6) is -4.85. The van der Waals surface area contributed by atoms with Crippen LogP contribution in [0.25, 0.3) is 0 Å². The molecule has 29 heavy (non-hydrogen) atoms. The summed E-state index contributed by atoms with van der Waals surface area (Å²) in [5.41, 5.74) is 0. The van der Waals surface area contributed by atoms with Crippen LogP contribution in [-0.2, 0) is 14.3 Å². The number of esters is 1. The Morgan fingerprint density at radius 3 is 2.79 bits per heavy atom. The Morgan fingerprint density at radius 2 is 2.14 bits per heavy atom. The number of carbonyl (C=O) groups excluding carboxylic acids is 1. The van der Waals surface area contributed by atoms with E-state index in [0.29, 0.717) is 25.7 Å². The average Bonchev–Trinajstić information content (AvgIpc) is 3.16. The third-order valence-electron chi connectivity index (χ3n) is 5.66. The standard InChI is InChI=1S/C21H31F3O5/c1-3-4-11-21(23,24)17(26)10-9-13-14(25)12-16-19(13)20(22)15(29-16)7-5-6-8-18(27)28-2/h7,9-10,13-14,16-17,19-20,25-26H,3-6,8,11-12H2,1-2H3/b10-9+,15-7-/t13-,14+,16-,17+,19+,20?/m0/s1. The topological polar surface area (TPSA) is 76.0 Å². The third kappa shape index (κ3) is 5.98. The number of aliphatic hydroxyl groups excluding tert-OH is 2. The second kappa shape index (κ2) is 10.5. The summed E-state index contributed by atoms with van der Waals surface area (Å²) in [6, 6.07) is 0. The van der Waals surface area contributed by atoms with Crippen LogP contribution in [0.2, 0.25) is 0 Å². The van der Waals surface area contributed by atoms with Crippen molar-refractivity contribution in [1.82, 2.24) is 0 Å². The van der Waals surface area contributed by atoms with Crippen LogP contribution in [0.3, 0.4) is 0 Å². The lowest BCUT2D eigenvalue weighted by Gasteiger charge is -2.22. The zero-order valence-electron chi connectivity index (χ0n) is 16.9. The Kier molecular flexibility index (Phi) is 8.58. The lowest BCUT2D eigenvalue weighted by Crippen LogP contribution is -2.32.